The van der Waals surface area contributed by atoms with Gasteiger partial charge in [-0.1, -0.05) is 200 Å². The van der Waals surface area contributed by atoms with Crippen LogP contribution in [0.3, 0.4) is 0 Å². The Morgan fingerprint density at radius 3 is 1.02 bits per heavy atom. The van der Waals surface area contributed by atoms with Gasteiger partial charge in [-0.2, -0.15) is 0 Å². The molecule has 0 saturated heterocycles. The van der Waals surface area contributed by atoms with Gasteiger partial charge in [0.15, 0.2) is 0 Å². The first-order valence-electron chi connectivity index (χ1n) is 20.5. The molecule has 0 saturated carbocycles. The summed E-state index contributed by atoms with van der Waals surface area (Å²) in [5.41, 5.74) is 0. The summed E-state index contributed by atoms with van der Waals surface area (Å²) < 4.78 is 5.84. The summed E-state index contributed by atoms with van der Waals surface area (Å²) in [5.74, 6) is -0.846. The molecule has 1 unspecified atom stereocenters. The molecule has 0 fully saturated rings. The Kier molecular flexibility index (Phi) is 36.5. The lowest BCUT2D eigenvalue weighted by Crippen LogP contribution is -2.18. The highest BCUT2D eigenvalue weighted by molar-refractivity contribution is 5.69. The number of unbranched alkanes of at least 4 members (excludes halogenated alkanes) is 29. The molecule has 0 rings (SSSR count). The average molecular weight is 637 g/mol. The van der Waals surface area contributed by atoms with E-state index in [4.69, 9.17) is 9.84 Å². The van der Waals surface area contributed by atoms with Gasteiger partial charge in [-0.25, -0.2) is 0 Å². The smallest absolute Gasteiger partial charge is 0.306 e. The molecular weight excluding hydrogens is 556 g/mol. The van der Waals surface area contributed by atoms with E-state index in [1.54, 1.807) is 0 Å². The van der Waals surface area contributed by atoms with Crippen LogP contribution in [-0.2, 0) is 14.3 Å². The SMILES string of the molecule is CCCCCCCCCCCCCCCCCCCC(CCCC(=O)O)OC(=O)CCCCCCCCCCCCCCCC. The van der Waals surface area contributed by atoms with Crippen LogP contribution in [0.1, 0.15) is 245 Å². The molecule has 0 spiro atoms. The van der Waals surface area contributed by atoms with Crippen LogP contribution < -0.4 is 0 Å². The minimum Gasteiger partial charge on any atom is -0.481 e. The number of carbonyl (C=O) groups excluding carboxylic acids is 1. The Morgan fingerprint density at radius 2 is 0.689 bits per heavy atom. The number of carboxylic acid groups (broad SMARTS) is 1. The molecule has 4 heteroatoms. The predicted molar refractivity (Wildman–Crippen MR) is 195 cm³/mol. The first-order chi connectivity index (χ1) is 22.1. The van der Waals surface area contributed by atoms with Crippen LogP contribution in [-0.4, -0.2) is 23.1 Å². The third-order valence-electron chi connectivity index (χ3n) is 9.58. The Hall–Kier alpha value is -1.06. The lowest BCUT2D eigenvalue weighted by molar-refractivity contribution is -0.150. The fourth-order valence-corrected chi connectivity index (χ4v) is 6.55. The minimum absolute atomic E-state index is 0.0822. The van der Waals surface area contributed by atoms with Crippen molar-refractivity contribution < 1.29 is 19.4 Å². The maximum absolute atomic E-state index is 12.5. The number of rotatable bonds is 38. The second-order valence-electron chi connectivity index (χ2n) is 14.2. The van der Waals surface area contributed by atoms with Crippen molar-refractivity contribution in [1.82, 2.24) is 0 Å². The van der Waals surface area contributed by atoms with Crippen molar-refractivity contribution in [2.75, 3.05) is 0 Å². The molecule has 0 aromatic rings. The fourth-order valence-electron chi connectivity index (χ4n) is 6.55. The Balaban J connectivity index is 3.74. The first-order valence-corrected chi connectivity index (χ1v) is 20.5. The van der Waals surface area contributed by atoms with Crippen LogP contribution in [0, 0.1) is 0 Å². The molecule has 0 aliphatic carbocycles. The predicted octanol–water partition coefficient (Wildman–Crippen LogP) is 14.1. The molecule has 0 amide bonds. The second-order valence-corrected chi connectivity index (χ2v) is 14.2. The molecule has 45 heavy (non-hydrogen) atoms. The lowest BCUT2D eigenvalue weighted by Gasteiger charge is -2.18. The van der Waals surface area contributed by atoms with Crippen LogP contribution in [0.2, 0.25) is 0 Å². The van der Waals surface area contributed by atoms with E-state index in [0.717, 1.165) is 25.7 Å². The molecule has 1 atom stereocenters. The second kappa shape index (κ2) is 37.4. The molecule has 0 heterocycles. The van der Waals surface area contributed by atoms with Crippen molar-refractivity contribution in [3.63, 3.8) is 0 Å². The zero-order valence-corrected chi connectivity index (χ0v) is 30.7. The van der Waals surface area contributed by atoms with E-state index < -0.39 is 5.97 Å². The molecule has 0 aliphatic heterocycles. The van der Waals surface area contributed by atoms with Gasteiger partial charge in [-0.3, -0.25) is 9.59 Å². The Bertz CT molecular complexity index is 604. The van der Waals surface area contributed by atoms with Crippen molar-refractivity contribution in [3.8, 4) is 0 Å². The molecule has 0 aromatic heterocycles. The number of hydrogen-bond donors (Lipinski definition) is 1. The lowest BCUT2D eigenvalue weighted by atomic mass is 10.0. The van der Waals surface area contributed by atoms with E-state index in [1.165, 1.54) is 180 Å². The Morgan fingerprint density at radius 1 is 0.400 bits per heavy atom. The van der Waals surface area contributed by atoms with Gasteiger partial charge in [-0.15, -0.1) is 0 Å². The van der Waals surface area contributed by atoms with E-state index >= 15 is 0 Å². The largest absolute Gasteiger partial charge is 0.481 e. The highest BCUT2D eigenvalue weighted by Crippen LogP contribution is 2.19. The van der Waals surface area contributed by atoms with E-state index in [0.29, 0.717) is 19.3 Å². The maximum Gasteiger partial charge on any atom is 0.306 e. The van der Waals surface area contributed by atoms with Crippen LogP contribution in [0.15, 0.2) is 0 Å². The summed E-state index contributed by atoms with van der Waals surface area (Å²) >= 11 is 0. The average Bonchev–Trinajstić information content (AvgIpc) is 3.02. The quantitative estimate of drug-likeness (QED) is 0.0541. The van der Waals surface area contributed by atoms with Gasteiger partial charge in [0.1, 0.15) is 6.10 Å². The zero-order valence-electron chi connectivity index (χ0n) is 30.7. The van der Waals surface area contributed by atoms with Crippen molar-refractivity contribution in [2.45, 2.75) is 251 Å². The van der Waals surface area contributed by atoms with E-state index in [-0.39, 0.29) is 18.5 Å². The molecule has 268 valence electrons. The van der Waals surface area contributed by atoms with Crippen molar-refractivity contribution in [2.24, 2.45) is 0 Å². The van der Waals surface area contributed by atoms with Crippen LogP contribution in [0.25, 0.3) is 0 Å². The first kappa shape index (κ1) is 43.9. The maximum atomic E-state index is 12.5. The number of hydrogen-bond acceptors (Lipinski definition) is 3. The van der Waals surface area contributed by atoms with Gasteiger partial charge in [0.05, 0.1) is 0 Å². The molecule has 0 bridgehead atoms. The summed E-state index contributed by atoms with van der Waals surface area (Å²) in [7, 11) is 0. The summed E-state index contributed by atoms with van der Waals surface area (Å²) in [6, 6.07) is 0. The van der Waals surface area contributed by atoms with Gasteiger partial charge in [-0.05, 0) is 32.1 Å². The normalized spacial score (nSPS) is 12.0. The summed E-state index contributed by atoms with van der Waals surface area (Å²) in [4.78, 5) is 23.5. The zero-order chi connectivity index (χ0) is 32.9. The van der Waals surface area contributed by atoms with Gasteiger partial charge >= 0.3 is 11.9 Å². The van der Waals surface area contributed by atoms with Gasteiger partial charge in [0.25, 0.3) is 0 Å². The molecule has 0 radical (unpaired) electrons. The van der Waals surface area contributed by atoms with Crippen molar-refractivity contribution in [3.05, 3.63) is 0 Å². The molecule has 4 nitrogen and oxygen atoms in total. The van der Waals surface area contributed by atoms with E-state index in [9.17, 15) is 9.59 Å². The number of carboxylic acids is 1. The highest BCUT2D eigenvalue weighted by Gasteiger charge is 2.15. The van der Waals surface area contributed by atoms with E-state index in [2.05, 4.69) is 13.8 Å². The third kappa shape index (κ3) is 37.3. The van der Waals surface area contributed by atoms with Crippen LogP contribution >= 0.6 is 0 Å². The highest BCUT2D eigenvalue weighted by atomic mass is 16.5. The van der Waals surface area contributed by atoms with Gasteiger partial charge < -0.3 is 9.84 Å². The molecule has 0 aliphatic rings. The van der Waals surface area contributed by atoms with Crippen molar-refractivity contribution in [1.29, 1.82) is 0 Å². The van der Waals surface area contributed by atoms with Crippen LogP contribution in [0.4, 0.5) is 0 Å². The summed E-state index contributed by atoms with van der Waals surface area (Å²) in [6.45, 7) is 4.56. The number of aliphatic carboxylic acids is 1. The summed E-state index contributed by atoms with van der Waals surface area (Å²) in [5, 5.41) is 9.03. The number of carbonyl (C=O) groups is 2. The third-order valence-corrected chi connectivity index (χ3v) is 9.58. The summed E-state index contributed by atoms with van der Waals surface area (Å²) in [6.07, 6.45) is 44.1. The molecule has 1 N–H and O–H groups in total. The minimum atomic E-state index is -0.764. The van der Waals surface area contributed by atoms with Crippen molar-refractivity contribution >= 4 is 11.9 Å². The number of esters is 1. The molecular formula is C41H80O4. The van der Waals surface area contributed by atoms with E-state index in [1.807, 2.05) is 0 Å². The fraction of sp³-hybridized carbons (Fsp3) is 0.951. The molecule has 0 aromatic carbocycles. The monoisotopic (exact) mass is 637 g/mol. The van der Waals surface area contributed by atoms with Crippen LogP contribution in [0.5, 0.6) is 0 Å². The van der Waals surface area contributed by atoms with Gasteiger partial charge in [0.2, 0.25) is 0 Å². The topological polar surface area (TPSA) is 63.6 Å². The standard InChI is InChI=1S/C41H80O4/c1-3-5-7-9-11-13-15-17-19-20-21-22-24-26-28-30-32-35-39(36-34-37-40(42)43)45-41(44)38-33-31-29-27-25-23-18-16-14-12-10-8-6-4-2/h39H,3-38H2,1-2H3,(H,42,43). The number of ether oxygens (including phenoxy) is 1. The van der Waals surface area contributed by atoms with Gasteiger partial charge in [0, 0.05) is 12.8 Å². The Labute approximate surface area is 282 Å².